The zero-order chi connectivity index (χ0) is 16.7. The molecule has 7 heteroatoms. The van der Waals surface area contributed by atoms with E-state index in [-0.39, 0.29) is 24.0 Å². The predicted octanol–water partition coefficient (Wildman–Crippen LogP) is 2.61. The summed E-state index contributed by atoms with van der Waals surface area (Å²) in [6.07, 6.45) is 1.79. The Morgan fingerprint density at radius 3 is 2.67 bits per heavy atom. The number of hydrogen-bond donors (Lipinski definition) is 2. The van der Waals surface area contributed by atoms with Crippen molar-refractivity contribution in [3.63, 3.8) is 0 Å². The quantitative estimate of drug-likeness (QED) is 0.410. The minimum Gasteiger partial charge on any atom is -0.496 e. The van der Waals surface area contributed by atoms with Crippen molar-refractivity contribution in [2.45, 2.75) is 26.9 Å². The van der Waals surface area contributed by atoms with Gasteiger partial charge in [0, 0.05) is 19.8 Å². The molecule has 0 atom stereocenters. The van der Waals surface area contributed by atoms with Gasteiger partial charge in [0.2, 0.25) is 0 Å². The average Bonchev–Trinajstić information content (AvgIpc) is 2.95. The number of aliphatic imine (C=N–C) groups is 1. The van der Waals surface area contributed by atoms with E-state index in [0.29, 0.717) is 13.1 Å². The fourth-order valence-corrected chi connectivity index (χ4v) is 2.30. The van der Waals surface area contributed by atoms with Gasteiger partial charge in [-0.15, -0.1) is 24.0 Å². The van der Waals surface area contributed by atoms with Gasteiger partial charge in [0.05, 0.1) is 25.9 Å². The van der Waals surface area contributed by atoms with Crippen molar-refractivity contribution in [3.05, 3.63) is 47.3 Å². The van der Waals surface area contributed by atoms with E-state index < -0.39 is 0 Å². The molecule has 2 aromatic rings. The first-order valence-electron chi connectivity index (χ1n) is 7.76. The van der Waals surface area contributed by atoms with Crippen LogP contribution in [0, 0.1) is 6.92 Å². The predicted molar refractivity (Wildman–Crippen MR) is 108 cm³/mol. The molecule has 0 saturated heterocycles. The number of nitrogens with zero attached hydrogens (tertiary/aromatic N) is 3. The third-order valence-corrected chi connectivity index (χ3v) is 3.58. The van der Waals surface area contributed by atoms with Crippen LogP contribution in [-0.2, 0) is 20.1 Å². The molecule has 2 rings (SSSR count). The molecule has 132 valence electrons. The molecule has 0 saturated carbocycles. The molecule has 0 aliphatic carbocycles. The Kier molecular flexibility index (Phi) is 8.59. The Balaban J connectivity index is 0.00000288. The second kappa shape index (κ2) is 10.2. The number of halogens is 1. The van der Waals surface area contributed by atoms with E-state index in [1.54, 1.807) is 13.3 Å². The van der Waals surface area contributed by atoms with Crippen LogP contribution in [0.15, 0.2) is 35.5 Å². The van der Waals surface area contributed by atoms with Crippen molar-refractivity contribution in [2.24, 2.45) is 12.0 Å². The number of rotatable bonds is 6. The van der Waals surface area contributed by atoms with Gasteiger partial charge in [-0.25, -0.2) is 4.99 Å². The van der Waals surface area contributed by atoms with Crippen molar-refractivity contribution in [1.29, 1.82) is 0 Å². The zero-order valence-corrected chi connectivity index (χ0v) is 17.0. The lowest BCUT2D eigenvalue weighted by Crippen LogP contribution is -2.37. The SMILES string of the molecule is CCNC(=NCc1ccc(OC)c(C)c1)NCc1ccnn1C.I. The third kappa shape index (κ3) is 5.70. The molecule has 2 N–H and O–H groups in total. The van der Waals surface area contributed by atoms with Gasteiger partial charge in [0.15, 0.2) is 5.96 Å². The molecular weight excluding hydrogens is 417 g/mol. The number of nitrogens with one attached hydrogen (secondary N) is 2. The Morgan fingerprint density at radius 2 is 2.08 bits per heavy atom. The highest BCUT2D eigenvalue weighted by Crippen LogP contribution is 2.18. The molecule has 0 aliphatic heterocycles. The highest BCUT2D eigenvalue weighted by molar-refractivity contribution is 14.0. The van der Waals surface area contributed by atoms with Gasteiger partial charge in [-0.2, -0.15) is 5.10 Å². The normalized spacial score (nSPS) is 10.9. The van der Waals surface area contributed by atoms with Crippen LogP contribution >= 0.6 is 24.0 Å². The first-order valence-corrected chi connectivity index (χ1v) is 7.76. The van der Waals surface area contributed by atoms with Crippen LogP contribution in [0.5, 0.6) is 5.75 Å². The second-order valence-corrected chi connectivity index (χ2v) is 5.30. The average molecular weight is 443 g/mol. The summed E-state index contributed by atoms with van der Waals surface area (Å²) in [5, 5.41) is 10.7. The standard InChI is InChI=1S/C17H25N5O.HI/c1-5-18-17(20-12-15-8-9-21-22(15)3)19-11-14-6-7-16(23-4)13(2)10-14;/h6-10H,5,11-12H2,1-4H3,(H2,18,19,20);1H. The lowest BCUT2D eigenvalue weighted by atomic mass is 10.1. The van der Waals surface area contributed by atoms with E-state index in [4.69, 9.17) is 4.74 Å². The summed E-state index contributed by atoms with van der Waals surface area (Å²) in [5.41, 5.74) is 3.38. The molecule has 0 fully saturated rings. The molecule has 6 nitrogen and oxygen atoms in total. The van der Waals surface area contributed by atoms with Gasteiger partial charge < -0.3 is 15.4 Å². The first kappa shape index (κ1) is 20.3. The van der Waals surface area contributed by atoms with Gasteiger partial charge in [-0.1, -0.05) is 12.1 Å². The smallest absolute Gasteiger partial charge is 0.191 e. The maximum atomic E-state index is 5.29. The summed E-state index contributed by atoms with van der Waals surface area (Å²) in [6, 6.07) is 8.12. The maximum Gasteiger partial charge on any atom is 0.191 e. The molecule has 0 bridgehead atoms. The molecule has 0 spiro atoms. The molecule has 0 radical (unpaired) electrons. The van der Waals surface area contributed by atoms with Crippen LogP contribution in [-0.4, -0.2) is 29.4 Å². The molecule has 0 aliphatic rings. The molecule has 0 amide bonds. The molecule has 1 aromatic heterocycles. The van der Waals surface area contributed by atoms with E-state index in [1.165, 1.54) is 0 Å². The number of methoxy groups -OCH3 is 1. The highest BCUT2D eigenvalue weighted by Gasteiger charge is 2.03. The second-order valence-electron chi connectivity index (χ2n) is 5.30. The molecule has 1 heterocycles. The topological polar surface area (TPSA) is 63.5 Å². The molecule has 24 heavy (non-hydrogen) atoms. The summed E-state index contributed by atoms with van der Waals surface area (Å²) in [6.45, 7) is 6.21. The molecular formula is C17H26IN5O. The third-order valence-electron chi connectivity index (χ3n) is 3.58. The maximum absolute atomic E-state index is 5.29. The van der Waals surface area contributed by atoms with Crippen LogP contribution in [0.1, 0.15) is 23.7 Å². The van der Waals surface area contributed by atoms with Crippen LogP contribution in [0.25, 0.3) is 0 Å². The fourth-order valence-electron chi connectivity index (χ4n) is 2.30. The number of hydrogen-bond acceptors (Lipinski definition) is 3. The lowest BCUT2D eigenvalue weighted by molar-refractivity contribution is 0.411. The molecule has 0 unspecified atom stereocenters. The van der Waals surface area contributed by atoms with Gasteiger partial charge in [-0.05, 0) is 37.1 Å². The van der Waals surface area contributed by atoms with Crippen molar-refractivity contribution in [2.75, 3.05) is 13.7 Å². The van der Waals surface area contributed by atoms with Crippen molar-refractivity contribution in [1.82, 2.24) is 20.4 Å². The lowest BCUT2D eigenvalue weighted by Gasteiger charge is -2.12. The Morgan fingerprint density at radius 1 is 1.29 bits per heavy atom. The summed E-state index contributed by atoms with van der Waals surface area (Å²) < 4.78 is 7.14. The number of aromatic nitrogens is 2. The zero-order valence-electron chi connectivity index (χ0n) is 14.7. The van der Waals surface area contributed by atoms with Crippen LogP contribution in [0.4, 0.5) is 0 Å². The number of guanidine groups is 1. The van der Waals surface area contributed by atoms with Crippen molar-refractivity contribution in [3.8, 4) is 5.75 Å². The summed E-state index contributed by atoms with van der Waals surface area (Å²) in [5.74, 6) is 1.70. The number of benzene rings is 1. The number of aryl methyl sites for hydroxylation is 2. The first-order chi connectivity index (χ1) is 11.1. The Bertz CT molecular complexity index is 669. The van der Waals surface area contributed by atoms with E-state index in [9.17, 15) is 0 Å². The Labute approximate surface area is 160 Å². The van der Waals surface area contributed by atoms with Crippen LogP contribution < -0.4 is 15.4 Å². The Hall–Kier alpha value is -1.77. The van der Waals surface area contributed by atoms with Gasteiger partial charge in [0.25, 0.3) is 0 Å². The van der Waals surface area contributed by atoms with Gasteiger partial charge >= 0.3 is 0 Å². The fraction of sp³-hybridized carbons (Fsp3) is 0.412. The number of ether oxygens (including phenoxy) is 1. The van der Waals surface area contributed by atoms with Gasteiger partial charge in [0.1, 0.15) is 5.75 Å². The van der Waals surface area contributed by atoms with E-state index in [2.05, 4.69) is 33.7 Å². The largest absolute Gasteiger partial charge is 0.496 e. The van der Waals surface area contributed by atoms with E-state index in [1.807, 2.05) is 36.9 Å². The minimum absolute atomic E-state index is 0. The van der Waals surface area contributed by atoms with Crippen molar-refractivity contribution < 1.29 is 4.74 Å². The van der Waals surface area contributed by atoms with Gasteiger partial charge in [-0.3, -0.25) is 4.68 Å². The monoisotopic (exact) mass is 443 g/mol. The van der Waals surface area contributed by atoms with Crippen LogP contribution in [0.3, 0.4) is 0 Å². The highest BCUT2D eigenvalue weighted by atomic mass is 127. The van der Waals surface area contributed by atoms with E-state index in [0.717, 1.165) is 35.1 Å². The van der Waals surface area contributed by atoms with Crippen LogP contribution in [0.2, 0.25) is 0 Å². The minimum atomic E-state index is 0. The summed E-state index contributed by atoms with van der Waals surface area (Å²) in [4.78, 5) is 4.63. The van der Waals surface area contributed by atoms with E-state index >= 15 is 0 Å². The summed E-state index contributed by atoms with van der Waals surface area (Å²) in [7, 11) is 3.62. The van der Waals surface area contributed by atoms with Crippen molar-refractivity contribution >= 4 is 29.9 Å². The molecule has 1 aromatic carbocycles. The summed E-state index contributed by atoms with van der Waals surface area (Å²) >= 11 is 0.